The number of aliphatic hydroxyl groups excluding tert-OH is 1. The second-order valence-electron chi connectivity index (χ2n) is 4.11. The molecule has 0 aromatic rings. The molecule has 82 valence electrons. The number of likely N-dealkylation sites (tertiary alicyclic amines) is 1. The van der Waals surface area contributed by atoms with Crippen LogP contribution in [0.25, 0.3) is 0 Å². The first-order valence-corrected chi connectivity index (χ1v) is 5.66. The molecule has 1 rings (SSSR count). The van der Waals surface area contributed by atoms with Gasteiger partial charge in [0.15, 0.2) is 0 Å². The van der Waals surface area contributed by atoms with Crippen LogP contribution in [0, 0.1) is 5.92 Å². The molecule has 0 aromatic carbocycles. The highest BCUT2D eigenvalue weighted by molar-refractivity contribution is 5.76. The topological polar surface area (TPSA) is 40.5 Å². The van der Waals surface area contributed by atoms with E-state index < -0.39 is 0 Å². The Morgan fingerprint density at radius 3 is 2.57 bits per heavy atom. The molecule has 1 N–H and O–H groups in total. The third-order valence-electron chi connectivity index (χ3n) is 2.97. The van der Waals surface area contributed by atoms with Gasteiger partial charge in [-0.05, 0) is 25.2 Å². The summed E-state index contributed by atoms with van der Waals surface area (Å²) >= 11 is 0. The van der Waals surface area contributed by atoms with Crippen molar-refractivity contribution in [3.63, 3.8) is 0 Å². The van der Waals surface area contributed by atoms with E-state index in [1.165, 1.54) is 0 Å². The molecule has 1 amide bonds. The fraction of sp³-hybridized carbons (Fsp3) is 0.909. The van der Waals surface area contributed by atoms with Crippen LogP contribution in [-0.4, -0.2) is 35.6 Å². The monoisotopic (exact) mass is 199 g/mol. The van der Waals surface area contributed by atoms with Gasteiger partial charge in [0.2, 0.25) is 5.91 Å². The van der Waals surface area contributed by atoms with E-state index in [-0.39, 0.29) is 6.61 Å². The molecule has 1 aliphatic rings. The van der Waals surface area contributed by atoms with Crippen LogP contribution in [0.4, 0.5) is 0 Å². The standard InChI is InChI=1S/C11H21NO2/c1-2-3-4-11(14)12-7-5-10(9-13)6-8-12/h10,13H,2-9H2,1H3. The lowest BCUT2D eigenvalue weighted by Gasteiger charge is -2.31. The molecule has 1 fully saturated rings. The summed E-state index contributed by atoms with van der Waals surface area (Å²) in [4.78, 5) is 13.6. The Morgan fingerprint density at radius 1 is 1.43 bits per heavy atom. The van der Waals surface area contributed by atoms with Gasteiger partial charge in [0, 0.05) is 26.1 Å². The van der Waals surface area contributed by atoms with Gasteiger partial charge in [-0.3, -0.25) is 4.79 Å². The van der Waals surface area contributed by atoms with Crippen LogP contribution >= 0.6 is 0 Å². The van der Waals surface area contributed by atoms with Gasteiger partial charge in [0.1, 0.15) is 0 Å². The van der Waals surface area contributed by atoms with Gasteiger partial charge in [-0.2, -0.15) is 0 Å². The molecular weight excluding hydrogens is 178 g/mol. The highest BCUT2D eigenvalue weighted by atomic mass is 16.3. The van der Waals surface area contributed by atoms with Crippen molar-refractivity contribution >= 4 is 5.91 Å². The second kappa shape index (κ2) is 6.02. The van der Waals surface area contributed by atoms with E-state index >= 15 is 0 Å². The van der Waals surface area contributed by atoms with E-state index in [1.807, 2.05) is 4.90 Å². The molecule has 0 atom stereocenters. The predicted molar refractivity (Wildman–Crippen MR) is 55.9 cm³/mol. The number of carbonyl (C=O) groups excluding carboxylic acids is 1. The van der Waals surface area contributed by atoms with Crippen LogP contribution in [0.1, 0.15) is 39.0 Å². The highest BCUT2D eigenvalue weighted by Gasteiger charge is 2.21. The average Bonchev–Trinajstić information content (AvgIpc) is 2.26. The summed E-state index contributed by atoms with van der Waals surface area (Å²) in [7, 11) is 0. The van der Waals surface area contributed by atoms with Crippen molar-refractivity contribution in [2.45, 2.75) is 39.0 Å². The number of unbranched alkanes of at least 4 members (excludes halogenated alkanes) is 1. The fourth-order valence-corrected chi connectivity index (χ4v) is 1.85. The van der Waals surface area contributed by atoms with Gasteiger partial charge < -0.3 is 10.0 Å². The minimum absolute atomic E-state index is 0.275. The summed E-state index contributed by atoms with van der Waals surface area (Å²) < 4.78 is 0. The van der Waals surface area contributed by atoms with Crippen LogP contribution in [0.15, 0.2) is 0 Å². The zero-order valence-electron chi connectivity index (χ0n) is 9.04. The number of hydrogen-bond acceptors (Lipinski definition) is 2. The second-order valence-corrected chi connectivity index (χ2v) is 4.11. The van der Waals surface area contributed by atoms with Crippen molar-refractivity contribution in [2.24, 2.45) is 5.92 Å². The van der Waals surface area contributed by atoms with Crippen molar-refractivity contribution in [3.05, 3.63) is 0 Å². The van der Waals surface area contributed by atoms with E-state index in [9.17, 15) is 4.79 Å². The largest absolute Gasteiger partial charge is 0.396 e. The number of carbonyl (C=O) groups is 1. The van der Waals surface area contributed by atoms with E-state index in [2.05, 4.69) is 6.92 Å². The van der Waals surface area contributed by atoms with E-state index in [0.29, 0.717) is 18.2 Å². The molecule has 0 unspecified atom stereocenters. The van der Waals surface area contributed by atoms with Gasteiger partial charge in [-0.25, -0.2) is 0 Å². The quantitative estimate of drug-likeness (QED) is 0.743. The number of aliphatic hydroxyl groups is 1. The summed E-state index contributed by atoms with van der Waals surface area (Å²) in [5.41, 5.74) is 0. The molecular formula is C11H21NO2. The molecule has 0 aromatic heterocycles. The molecule has 1 aliphatic heterocycles. The first-order chi connectivity index (χ1) is 6.77. The Kier molecular flexibility index (Phi) is 4.94. The van der Waals surface area contributed by atoms with Gasteiger partial charge >= 0.3 is 0 Å². The predicted octanol–water partition coefficient (Wildman–Crippen LogP) is 1.41. The minimum Gasteiger partial charge on any atom is -0.396 e. The van der Waals surface area contributed by atoms with Crippen molar-refractivity contribution in [2.75, 3.05) is 19.7 Å². The minimum atomic E-state index is 0.275. The Bertz CT molecular complexity index is 174. The Labute approximate surface area is 86.1 Å². The van der Waals surface area contributed by atoms with Crippen LogP contribution < -0.4 is 0 Å². The molecule has 0 radical (unpaired) electrons. The lowest BCUT2D eigenvalue weighted by atomic mass is 9.97. The molecule has 0 bridgehead atoms. The molecule has 3 nitrogen and oxygen atoms in total. The molecule has 1 heterocycles. The Balaban J connectivity index is 2.23. The number of piperidine rings is 1. The summed E-state index contributed by atoms with van der Waals surface area (Å²) in [5, 5.41) is 8.95. The van der Waals surface area contributed by atoms with Crippen LogP contribution in [0.3, 0.4) is 0 Å². The van der Waals surface area contributed by atoms with Gasteiger partial charge in [-0.15, -0.1) is 0 Å². The van der Waals surface area contributed by atoms with Crippen LogP contribution in [0.2, 0.25) is 0 Å². The summed E-state index contributed by atoms with van der Waals surface area (Å²) in [6.45, 7) is 4.06. The first kappa shape index (κ1) is 11.5. The lowest BCUT2D eigenvalue weighted by molar-refractivity contribution is -0.132. The summed E-state index contributed by atoms with van der Waals surface area (Å²) in [5.74, 6) is 0.716. The van der Waals surface area contributed by atoms with E-state index in [4.69, 9.17) is 5.11 Å². The number of amides is 1. The normalized spacial score (nSPS) is 18.6. The van der Waals surface area contributed by atoms with Gasteiger partial charge in [-0.1, -0.05) is 13.3 Å². The van der Waals surface area contributed by atoms with Gasteiger partial charge in [0.25, 0.3) is 0 Å². The van der Waals surface area contributed by atoms with Crippen molar-refractivity contribution in [1.29, 1.82) is 0 Å². The zero-order valence-corrected chi connectivity index (χ0v) is 9.04. The van der Waals surface area contributed by atoms with Crippen LogP contribution in [-0.2, 0) is 4.79 Å². The van der Waals surface area contributed by atoms with Crippen molar-refractivity contribution in [3.8, 4) is 0 Å². The maximum absolute atomic E-state index is 11.6. The maximum atomic E-state index is 11.6. The molecule has 0 spiro atoms. The fourth-order valence-electron chi connectivity index (χ4n) is 1.85. The molecule has 3 heteroatoms. The molecule has 0 saturated carbocycles. The van der Waals surface area contributed by atoms with Crippen molar-refractivity contribution < 1.29 is 9.90 Å². The third kappa shape index (κ3) is 3.29. The maximum Gasteiger partial charge on any atom is 0.222 e. The Hall–Kier alpha value is -0.570. The highest BCUT2D eigenvalue weighted by Crippen LogP contribution is 2.17. The molecule has 0 aliphatic carbocycles. The third-order valence-corrected chi connectivity index (χ3v) is 2.97. The summed E-state index contributed by atoms with van der Waals surface area (Å²) in [6.07, 6.45) is 4.71. The van der Waals surface area contributed by atoms with Crippen LogP contribution in [0.5, 0.6) is 0 Å². The first-order valence-electron chi connectivity index (χ1n) is 5.66. The number of nitrogens with zero attached hydrogens (tertiary/aromatic N) is 1. The zero-order chi connectivity index (χ0) is 10.4. The Morgan fingerprint density at radius 2 is 2.07 bits per heavy atom. The molecule has 14 heavy (non-hydrogen) atoms. The van der Waals surface area contributed by atoms with Gasteiger partial charge in [0.05, 0.1) is 0 Å². The van der Waals surface area contributed by atoms with E-state index in [1.54, 1.807) is 0 Å². The van der Waals surface area contributed by atoms with Crippen molar-refractivity contribution in [1.82, 2.24) is 4.90 Å². The number of rotatable bonds is 4. The van der Waals surface area contributed by atoms with E-state index in [0.717, 1.165) is 38.8 Å². The average molecular weight is 199 g/mol. The number of hydrogen-bond donors (Lipinski definition) is 1. The SMILES string of the molecule is CCCCC(=O)N1CCC(CO)CC1. The summed E-state index contributed by atoms with van der Waals surface area (Å²) in [6, 6.07) is 0. The molecule has 1 saturated heterocycles. The smallest absolute Gasteiger partial charge is 0.222 e. The lowest BCUT2D eigenvalue weighted by Crippen LogP contribution is -2.39.